The number of rotatable bonds is 6. The molecule has 2 atom stereocenters. The summed E-state index contributed by atoms with van der Waals surface area (Å²) in [5, 5.41) is 9.03. The fourth-order valence-corrected chi connectivity index (χ4v) is 5.40. The third-order valence-electron chi connectivity index (χ3n) is 6.91. The number of carbonyl (C=O) groups excluding carboxylic acids is 1. The van der Waals surface area contributed by atoms with Crippen molar-refractivity contribution in [2.24, 2.45) is 11.8 Å². The van der Waals surface area contributed by atoms with Gasteiger partial charge in [0.1, 0.15) is 0 Å². The highest BCUT2D eigenvalue weighted by atomic mass is 16.2. The molecule has 4 rings (SSSR count). The molecule has 1 fully saturated rings. The minimum atomic E-state index is 0.253. The van der Waals surface area contributed by atoms with Crippen molar-refractivity contribution in [3.8, 4) is 23.0 Å². The maximum Gasteiger partial charge on any atom is 0.222 e. The monoisotopic (exact) mass is 453 g/mol. The molecule has 0 radical (unpaired) electrons. The van der Waals surface area contributed by atoms with Gasteiger partial charge in [-0.25, -0.2) is 0 Å². The van der Waals surface area contributed by atoms with Crippen molar-refractivity contribution in [1.29, 1.82) is 5.26 Å². The molecule has 1 aliphatic heterocycles. The number of aromatic nitrogens is 1. The summed E-state index contributed by atoms with van der Waals surface area (Å²) in [7, 11) is 0. The standard InChI is InChI=1S/C30H35N3O/c1-21-5-12-28(24(4)18-21)29-13-10-27(33(29)26-8-6-25(7-9-26)15-16-31)11-14-30(34)32-19-22(2)17-23(3)20-32/h5-10,12-13,18,22-23H,11,14-15,17,19-20H2,1-4H3/t22-,23+. The average molecular weight is 454 g/mol. The Labute approximate surface area is 203 Å². The number of carbonyl (C=O) groups is 1. The van der Waals surface area contributed by atoms with Crippen molar-refractivity contribution >= 4 is 5.91 Å². The highest BCUT2D eigenvalue weighted by molar-refractivity contribution is 5.77. The van der Waals surface area contributed by atoms with Gasteiger partial charge in [-0.15, -0.1) is 0 Å². The van der Waals surface area contributed by atoms with Crippen molar-refractivity contribution in [3.63, 3.8) is 0 Å². The smallest absolute Gasteiger partial charge is 0.222 e. The second kappa shape index (κ2) is 10.3. The molecule has 2 heterocycles. The third kappa shape index (κ3) is 5.25. The van der Waals surface area contributed by atoms with Gasteiger partial charge in [0.05, 0.1) is 18.2 Å². The molecule has 4 nitrogen and oxygen atoms in total. The van der Waals surface area contributed by atoms with Gasteiger partial charge in [0.25, 0.3) is 0 Å². The van der Waals surface area contributed by atoms with Crippen LogP contribution in [0.25, 0.3) is 16.9 Å². The Balaban J connectivity index is 1.65. The van der Waals surface area contributed by atoms with Crippen LogP contribution in [0, 0.1) is 37.0 Å². The van der Waals surface area contributed by atoms with E-state index in [0.717, 1.165) is 35.7 Å². The molecule has 1 amide bonds. The summed E-state index contributed by atoms with van der Waals surface area (Å²) in [5.74, 6) is 1.39. The number of piperidine rings is 1. The zero-order valence-corrected chi connectivity index (χ0v) is 20.8. The number of nitrogens with zero attached hydrogens (tertiary/aromatic N) is 3. The molecular formula is C30H35N3O. The van der Waals surface area contributed by atoms with Gasteiger partial charge in [0.15, 0.2) is 0 Å². The zero-order valence-electron chi connectivity index (χ0n) is 20.8. The van der Waals surface area contributed by atoms with Crippen LogP contribution >= 0.6 is 0 Å². The van der Waals surface area contributed by atoms with Crippen LogP contribution in [-0.2, 0) is 17.6 Å². The van der Waals surface area contributed by atoms with E-state index in [9.17, 15) is 4.79 Å². The summed E-state index contributed by atoms with van der Waals surface area (Å²) in [6, 6.07) is 21.3. The van der Waals surface area contributed by atoms with E-state index >= 15 is 0 Å². The number of amides is 1. The first-order valence-corrected chi connectivity index (χ1v) is 12.4. The number of benzene rings is 2. The Hall–Kier alpha value is -3.32. The highest BCUT2D eigenvalue weighted by Gasteiger charge is 2.25. The van der Waals surface area contributed by atoms with E-state index in [4.69, 9.17) is 5.26 Å². The van der Waals surface area contributed by atoms with Crippen molar-refractivity contribution < 1.29 is 4.79 Å². The summed E-state index contributed by atoms with van der Waals surface area (Å²) < 4.78 is 2.28. The van der Waals surface area contributed by atoms with Crippen LogP contribution < -0.4 is 0 Å². The van der Waals surface area contributed by atoms with Crippen molar-refractivity contribution in [1.82, 2.24) is 9.47 Å². The van der Waals surface area contributed by atoms with E-state index in [2.05, 4.69) is 85.7 Å². The largest absolute Gasteiger partial charge is 0.342 e. The van der Waals surface area contributed by atoms with Crippen LogP contribution in [-0.4, -0.2) is 28.5 Å². The first kappa shape index (κ1) is 23.8. The SMILES string of the molecule is Cc1ccc(-c2ccc(CCC(=O)N3C[C@H](C)C[C@H](C)C3)n2-c2ccc(CC#N)cc2)c(C)c1. The van der Waals surface area contributed by atoms with E-state index < -0.39 is 0 Å². The molecule has 176 valence electrons. The molecule has 0 N–H and O–H groups in total. The van der Waals surface area contributed by atoms with Gasteiger partial charge in [0.2, 0.25) is 5.91 Å². The number of hydrogen-bond acceptors (Lipinski definition) is 2. The van der Waals surface area contributed by atoms with Crippen LogP contribution in [0.5, 0.6) is 0 Å². The molecule has 4 heteroatoms. The quantitative estimate of drug-likeness (QED) is 0.442. The van der Waals surface area contributed by atoms with Gasteiger partial charge in [-0.05, 0) is 73.9 Å². The summed E-state index contributed by atoms with van der Waals surface area (Å²) in [4.78, 5) is 15.1. The minimum Gasteiger partial charge on any atom is -0.342 e. The van der Waals surface area contributed by atoms with Crippen molar-refractivity contribution in [3.05, 3.63) is 77.0 Å². The number of hydrogen-bond donors (Lipinski definition) is 0. The first-order valence-electron chi connectivity index (χ1n) is 12.4. The molecular weight excluding hydrogens is 418 g/mol. The Bertz CT molecular complexity index is 1190. The lowest BCUT2D eigenvalue weighted by Gasteiger charge is -2.35. The van der Waals surface area contributed by atoms with Crippen molar-refractivity contribution in [2.75, 3.05) is 13.1 Å². The fraction of sp³-hybridized carbons (Fsp3) is 0.400. The average Bonchev–Trinajstić information content (AvgIpc) is 3.21. The van der Waals surface area contributed by atoms with Gasteiger partial charge in [-0.1, -0.05) is 49.7 Å². The minimum absolute atomic E-state index is 0.253. The Morgan fingerprint density at radius 1 is 1.00 bits per heavy atom. The molecule has 1 aromatic heterocycles. The molecule has 0 bridgehead atoms. The lowest BCUT2D eigenvalue weighted by Crippen LogP contribution is -2.42. The van der Waals surface area contributed by atoms with Crippen LogP contribution in [0.15, 0.2) is 54.6 Å². The Kier molecular flexibility index (Phi) is 7.22. The first-order chi connectivity index (χ1) is 16.4. The van der Waals surface area contributed by atoms with E-state index in [1.54, 1.807) is 0 Å². The normalized spacial score (nSPS) is 18.0. The number of nitriles is 1. The summed E-state index contributed by atoms with van der Waals surface area (Å²) in [6.07, 6.45) is 2.82. The Morgan fingerprint density at radius 3 is 2.35 bits per heavy atom. The van der Waals surface area contributed by atoms with Gasteiger partial charge in [-0.2, -0.15) is 5.26 Å². The predicted molar refractivity (Wildman–Crippen MR) is 138 cm³/mol. The molecule has 34 heavy (non-hydrogen) atoms. The maximum absolute atomic E-state index is 13.1. The maximum atomic E-state index is 13.1. The highest BCUT2D eigenvalue weighted by Crippen LogP contribution is 2.31. The van der Waals surface area contributed by atoms with Crippen molar-refractivity contribution in [2.45, 2.75) is 53.4 Å². The van der Waals surface area contributed by atoms with Gasteiger partial charge >= 0.3 is 0 Å². The van der Waals surface area contributed by atoms with Gasteiger partial charge in [-0.3, -0.25) is 4.79 Å². The lowest BCUT2D eigenvalue weighted by molar-refractivity contribution is -0.133. The van der Waals surface area contributed by atoms with Crippen LogP contribution in [0.2, 0.25) is 0 Å². The van der Waals surface area contributed by atoms with Crippen LogP contribution in [0.1, 0.15) is 49.1 Å². The third-order valence-corrected chi connectivity index (χ3v) is 6.91. The molecule has 3 aromatic rings. The molecule has 2 aromatic carbocycles. The van der Waals surface area contributed by atoms with Gasteiger partial charge < -0.3 is 9.47 Å². The molecule has 1 saturated heterocycles. The van der Waals surface area contributed by atoms with Crippen LogP contribution in [0.3, 0.4) is 0 Å². The molecule has 0 unspecified atom stereocenters. The molecule has 0 aliphatic carbocycles. The lowest BCUT2D eigenvalue weighted by atomic mass is 9.91. The van der Waals surface area contributed by atoms with Crippen LogP contribution in [0.4, 0.5) is 0 Å². The topological polar surface area (TPSA) is 49.0 Å². The number of aryl methyl sites for hydroxylation is 3. The molecule has 0 saturated carbocycles. The fourth-order valence-electron chi connectivity index (χ4n) is 5.40. The van der Waals surface area contributed by atoms with E-state index in [1.165, 1.54) is 23.1 Å². The Morgan fingerprint density at radius 2 is 1.71 bits per heavy atom. The zero-order chi connectivity index (χ0) is 24.2. The molecule has 0 spiro atoms. The van der Waals surface area contributed by atoms with E-state index in [1.807, 2.05) is 12.1 Å². The summed E-state index contributed by atoms with van der Waals surface area (Å²) >= 11 is 0. The van der Waals surface area contributed by atoms with Gasteiger partial charge in [0, 0.05) is 36.5 Å². The van der Waals surface area contributed by atoms with E-state index in [-0.39, 0.29) is 5.91 Å². The number of likely N-dealkylation sites (tertiary alicyclic amines) is 1. The summed E-state index contributed by atoms with van der Waals surface area (Å²) in [5.41, 5.74) is 8.02. The molecule has 1 aliphatic rings. The van der Waals surface area contributed by atoms with E-state index in [0.29, 0.717) is 31.1 Å². The predicted octanol–water partition coefficient (Wildman–Crippen LogP) is 6.26. The summed E-state index contributed by atoms with van der Waals surface area (Å²) in [6.45, 7) is 10.5. The second-order valence-electron chi connectivity index (χ2n) is 10.1. The second-order valence-corrected chi connectivity index (χ2v) is 10.1.